The fraction of sp³-hybridized carbons (Fsp3) is 0.458. The molecule has 0 spiro atoms. The summed E-state index contributed by atoms with van der Waals surface area (Å²) in [6.45, 7) is 1.04. The second-order valence-corrected chi connectivity index (χ2v) is 9.19. The first-order valence-electron chi connectivity index (χ1n) is 10.4. The van der Waals surface area contributed by atoms with Gasteiger partial charge in [0.1, 0.15) is 5.75 Å². The molecule has 1 amide bonds. The van der Waals surface area contributed by atoms with Crippen molar-refractivity contribution in [3.8, 4) is 5.75 Å². The Hall–Kier alpha value is -2.19. The summed E-state index contributed by atoms with van der Waals surface area (Å²) < 4.78 is 45.7. The highest BCUT2D eigenvalue weighted by Gasteiger charge is 2.39. The fourth-order valence-electron chi connectivity index (χ4n) is 4.16. The summed E-state index contributed by atoms with van der Waals surface area (Å²) in [6, 6.07) is 11.2. The summed E-state index contributed by atoms with van der Waals surface area (Å²) in [4.78, 5) is 17.4. The first-order chi connectivity index (χ1) is 15.2. The van der Waals surface area contributed by atoms with Crippen LogP contribution in [0.25, 0.3) is 0 Å². The van der Waals surface area contributed by atoms with Gasteiger partial charge in [-0.15, -0.1) is 0 Å². The van der Waals surface area contributed by atoms with E-state index in [4.69, 9.17) is 4.74 Å². The molecule has 0 fully saturated rings. The molecule has 0 radical (unpaired) electrons. The standard InChI is InChI=1S/C24H29F3N2O2S/c1-28(2)11-12-29-22-10-7-18(24(25,26)27)13-17(22)14-20(21(15-32-4)23(29)30)16-5-8-19(31-3)9-6-16/h5-10,13,20-21H,11-12,14-15H2,1-4H3/t20-,21+/m0/s1. The Morgan fingerprint density at radius 3 is 2.41 bits per heavy atom. The molecular formula is C24H29F3N2O2S. The van der Waals surface area contributed by atoms with Crippen molar-refractivity contribution >= 4 is 23.4 Å². The van der Waals surface area contributed by atoms with Gasteiger partial charge < -0.3 is 14.5 Å². The summed E-state index contributed by atoms with van der Waals surface area (Å²) >= 11 is 1.58. The van der Waals surface area contributed by atoms with Crippen molar-refractivity contribution in [2.45, 2.75) is 18.5 Å². The number of methoxy groups -OCH3 is 1. The zero-order chi connectivity index (χ0) is 23.5. The Kier molecular flexibility index (Phi) is 7.77. The van der Waals surface area contributed by atoms with Gasteiger partial charge in [-0.05, 0) is 68.2 Å². The van der Waals surface area contributed by atoms with Crippen molar-refractivity contribution in [3.63, 3.8) is 0 Å². The van der Waals surface area contributed by atoms with E-state index in [0.717, 1.165) is 11.6 Å². The third-order valence-corrected chi connectivity index (χ3v) is 6.56. The van der Waals surface area contributed by atoms with Crippen LogP contribution < -0.4 is 9.64 Å². The summed E-state index contributed by atoms with van der Waals surface area (Å²) in [5, 5.41) is 0. The third-order valence-electron chi connectivity index (χ3n) is 5.87. The van der Waals surface area contributed by atoms with Crippen molar-refractivity contribution in [2.24, 2.45) is 5.92 Å². The zero-order valence-corrected chi connectivity index (χ0v) is 19.6. The van der Waals surface area contributed by atoms with Gasteiger partial charge in [0.05, 0.1) is 18.6 Å². The molecule has 0 bridgehead atoms. The highest BCUT2D eigenvalue weighted by atomic mass is 32.2. The van der Waals surface area contributed by atoms with Crippen LogP contribution >= 0.6 is 11.8 Å². The van der Waals surface area contributed by atoms with E-state index in [0.29, 0.717) is 42.3 Å². The molecule has 2 aromatic carbocycles. The van der Waals surface area contributed by atoms with Gasteiger partial charge in [0.2, 0.25) is 5.91 Å². The van der Waals surface area contributed by atoms with Crippen molar-refractivity contribution in [2.75, 3.05) is 51.2 Å². The second kappa shape index (κ2) is 10.2. The van der Waals surface area contributed by atoms with Crippen LogP contribution in [0.1, 0.15) is 22.6 Å². The number of amides is 1. The normalized spacial score (nSPS) is 19.1. The molecule has 0 unspecified atom stereocenters. The Morgan fingerprint density at radius 1 is 1.16 bits per heavy atom. The molecule has 0 aromatic heterocycles. The summed E-state index contributed by atoms with van der Waals surface area (Å²) in [5.41, 5.74) is 1.37. The maximum Gasteiger partial charge on any atom is 0.416 e. The van der Waals surface area contributed by atoms with E-state index in [1.54, 1.807) is 23.8 Å². The number of hydrogen-bond donors (Lipinski definition) is 0. The third kappa shape index (κ3) is 5.41. The first kappa shape index (κ1) is 24.5. The maximum absolute atomic E-state index is 13.7. The molecule has 3 rings (SSSR count). The molecule has 8 heteroatoms. The maximum atomic E-state index is 13.7. The van der Waals surface area contributed by atoms with E-state index < -0.39 is 11.7 Å². The number of thioether (sulfide) groups is 1. The number of fused-ring (bicyclic) bond motifs is 1. The van der Waals surface area contributed by atoms with Gasteiger partial charge in [0.15, 0.2) is 0 Å². The average Bonchev–Trinajstić information content (AvgIpc) is 2.86. The minimum Gasteiger partial charge on any atom is -0.497 e. The van der Waals surface area contributed by atoms with Crippen LogP contribution in [0.15, 0.2) is 42.5 Å². The highest BCUT2D eigenvalue weighted by Crippen LogP contribution is 2.41. The molecule has 32 heavy (non-hydrogen) atoms. The molecule has 174 valence electrons. The lowest BCUT2D eigenvalue weighted by Crippen LogP contribution is -2.42. The number of carbonyl (C=O) groups is 1. The molecule has 0 saturated heterocycles. The highest BCUT2D eigenvalue weighted by molar-refractivity contribution is 7.98. The Bertz CT molecular complexity index is 932. The van der Waals surface area contributed by atoms with Crippen molar-refractivity contribution in [3.05, 3.63) is 59.2 Å². The quantitative estimate of drug-likeness (QED) is 0.580. The number of likely N-dealkylation sites (N-methyl/N-ethyl adjacent to an activating group) is 1. The Balaban J connectivity index is 2.12. The minimum atomic E-state index is -4.44. The van der Waals surface area contributed by atoms with Gasteiger partial charge in [-0.2, -0.15) is 24.9 Å². The summed E-state index contributed by atoms with van der Waals surface area (Å²) in [6.07, 6.45) is -2.13. The number of nitrogens with zero attached hydrogens (tertiary/aromatic N) is 2. The van der Waals surface area contributed by atoms with Crippen molar-refractivity contribution < 1.29 is 22.7 Å². The number of benzene rings is 2. The number of rotatable bonds is 7. The van der Waals surface area contributed by atoms with Crippen LogP contribution in [0, 0.1) is 5.92 Å². The van der Waals surface area contributed by atoms with E-state index in [1.807, 2.05) is 49.5 Å². The van der Waals surface area contributed by atoms with Crippen LogP contribution in [0.4, 0.5) is 18.9 Å². The van der Waals surface area contributed by atoms with E-state index >= 15 is 0 Å². The van der Waals surface area contributed by atoms with Gasteiger partial charge in [-0.3, -0.25) is 4.79 Å². The number of anilines is 1. The lowest BCUT2D eigenvalue weighted by Gasteiger charge is -2.29. The number of alkyl halides is 3. The fourth-order valence-corrected chi connectivity index (χ4v) is 4.89. The molecule has 0 N–H and O–H groups in total. The van der Waals surface area contributed by atoms with Gasteiger partial charge in [0, 0.05) is 30.4 Å². The van der Waals surface area contributed by atoms with Gasteiger partial charge in [0.25, 0.3) is 0 Å². The van der Waals surface area contributed by atoms with E-state index in [2.05, 4.69) is 0 Å². The molecule has 1 aliphatic heterocycles. The molecule has 0 saturated carbocycles. The first-order valence-corrected chi connectivity index (χ1v) is 11.8. The molecule has 2 aromatic rings. The SMILES string of the molecule is COc1ccc([C@@H]2Cc3cc(C(F)(F)F)ccc3N(CCN(C)C)C(=O)[C@@H]2CSC)cc1. The predicted molar refractivity (Wildman–Crippen MR) is 124 cm³/mol. The van der Waals surface area contributed by atoms with E-state index in [9.17, 15) is 18.0 Å². The van der Waals surface area contributed by atoms with Gasteiger partial charge in [-0.25, -0.2) is 0 Å². The number of halogens is 3. The minimum absolute atomic E-state index is 0.0412. The molecule has 1 aliphatic rings. The molecular weight excluding hydrogens is 437 g/mol. The lowest BCUT2D eigenvalue weighted by molar-refractivity contribution is -0.137. The summed E-state index contributed by atoms with van der Waals surface area (Å²) in [5.74, 6) is 0.673. The van der Waals surface area contributed by atoms with Gasteiger partial charge >= 0.3 is 6.18 Å². The summed E-state index contributed by atoms with van der Waals surface area (Å²) in [7, 11) is 5.41. The molecule has 0 aliphatic carbocycles. The number of hydrogen-bond acceptors (Lipinski definition) is 4. The smallest absolute Gasteiger partial charge is 0.416 e. The van der Waals surface area contributed by atoms with Crippen LogP contribution in [-0.4, -0.2) is 57.1 Å². The zero-order valence-electron chi connectivity index (χ0n) is 18.8. The molecule has 2 atom stereocenters. The molecule has 1 heterocycles. The average molecular weight is 467 g/mol. The topological polar surface area (TPSA) is 32.8 Å². The van der Waals surface area contributed by atoms with Crippen LogP contribution in [0.5, 0.6) is 5.75 Å². The van der Waals surface area contributed by atoms with Crippen molar-refractivity contribution in [1.29, 1.82) is 0 Å². The monoisotopic (exact) mass is 466 g/mol. The van der Waals surface area contributed by atoms with Crippen LogP contribution in [0.2, 0.25) is 0 Å². The van der Waals surface area contributed by atoms with E-state index in [-0.39, 0.29) is 17.7 Å². The largest absolute Gasteiger partial charge is 0.497 e. The van der Waals surface area contributed by atoms with Crippen molar-refractivity contribution in [1.82, 2.24) is 4.90 Å². The lowest BCUT2D eigenvalue weighted by atomic mass is 9.82. The Morgan fingerprint density at radius 2 is 1.84 bits per heavy atom. The Labute approximate surface area is 191 Å². The van der Waals surface area contributed by atoms with Crippen LogP contribution in [0.3, 0.4) is 0 Å². The van der Waals surface area contributed by atoms with E-state index in [1.165, 1.54) is 12.1 Å². The predicted octanol–water partition coefficient (Wildman–Crippen LogP) is 4.93. The van der Waals surface area contributed by atoms with Gasteiger partial charge in [-0.1, -0.05) is 12.1 Å². The van der Waals surface area contributed by atoms with Crippen LogP contribution in [-0.2, 0) is 17.4 Å². The second-order valence-electron chi connectivity index (χ2n) is 8.28. The number of ether oxygens (including phenoxy) is 1. The molecule has 4 nitrogen and oxygen atoms in total. The number of carbonyl (C=O) groups excluding carboxylic acids is 1.